The minimum Gasteiger partial charge on any atom is -0.376 e. The molecule has 2 fully saturated rings. The lowest BCUT2D eigenvalue weighted by atomic mass is 9.76. The fourth-order valence-electron chi connectivity index (χ4n) is 2.77. The minimum absolute atomic E-state index is 0.221. The molecule has 4 heteroatoms. The third-order valence-electron chi connectivity index (χ3n) is 3.98. The Morgan fingerprint density at radius 3 is 2.89 bits per heavy atom. The molecule has 1 heterocycles. The van der Waals surface area contributed by atoms with Crippen LogP contribution in [0.1, 0.15) is 24.3 Å². The Kier molecular flexibility index (Phi) is 4.38. The first-order valence-corrected chi connectivity index (χ1v) is 7.37. The lowest BCUT2D eigenvalue weighted by Crippen LogP contribution is -2.46. The van der Waals surface area contributed by atoms with Crippen LogP contribution >= 0.6 is 11.6 Å². The topological polar surface area (TPSA) is 30.5 Å². The summed E-state index contributed by atoms with van der Waals surface area (Å²) in [6, 6.07) is 8.83. The molecule has 1 aromatic carbocycles. The van der Waals surface area contributed by atoms with Gasteiger partial charge < -0.3 is 14.8 Å². The van der Waals surface area contributed by atoms with Crippen LogP contribution in [0, 0.1) is 0 Å². The zero-order chi connectivity index (χ0) is 13.1. The number of benzene rings is 1. The monoisotopic (exact) mass is 281 g/mol. The largest absolute Gasteiger partial charge is 0.376 e. The third-order valence-corrected chi connectivity index (χ3v) is 4.21. The Hall–Kier alpha value is -0.610. The van der Waals surface area contributed by atoms with E-state index >= 15 is 0 Å². The van der Waals surface area contributed by atoms with Gasteiger partial charge in [-0.15, -0.1) is 0 Å². The van der Waals surface area contributed by atoms with Crippen molar-refractivity contribution in [2.24, 2.45) is 0 Å². The number of halogens is 1. The molecule has 1 aromatic rings. The molecule has 19 heavy (non-hydrogen) atoms. The SMILES string of the molecule is Clc1cccc(C2CC(NCC3COCCO3)C2)c1. The zero-order valence-corrected chi connectivity index (χ0v) is 11.7. The van der Waals surface area contributed by atoms with Crippen LogP contribution < -0.4 is 5.32 Å². The highest BCUT2D eigenvalue weighted by atomic mass is 35.5. The van der Waals surface area contributed by atoms with Gasteiger partial charge in [0.15, 0.2) is 0 Å². The molecule has 1 atom stereocenters. The van der Waals surface area contributed by atoms with E-state index in [-0.39, 0.29) is 6.10 Å². The second-order valence-corrected chi connectivity index (χ2v) is 5.83. The van der Waals surface area contributed by atoms with Crippen molar-refractivity contribution in [3.63, 3.8) is 0 Å². The van der Waals surface area contributed by atoms with Crippen molar-refractivity contribution in [3.8, 4) is 0 Å². The molecule has 0 amide bonds. The number of rotatable bonds is 4. The summed E-state index contributed by atoms with van der Waals surface area (Å²) in [6.07, 6.45) is 2.60. The number of nitrogens with one attached hydrogen (secondary N) is 1. The maximum Gasteiger partial charge on any atom is 0.0933 e. The van der Waals surface area contributed by atoms with E-state index in [2.05, 4.69) is 17.4 Å². The smallest absolute Gasteiger partial charge is 0.0933 e. The Bertz CT molecular complexity index is 414. The Morgan fingerprint density at radius 1 is 1.26 bits per heavy atom. The molecule has 1 saturated heterocycles. The molecule has 3 nitrogen and oxygen atoms in total. The normalized spacial score (nSPS) is 30.9. The lowest BCUT2D eigenvalue weighted by molar-refractivity contribution is -0.0878. The second-order valence-electron chi connectivity index (χ2n) is 5.40. The van der Waals surface area contributed by atoms with E-state index < -0.39 is 0 Å². The molecule has 1 saturated carbocycles. The van der Waals surface area contributed by atoms with Crippen LogP contribution in [0.4, 0.5) is 0 Å². The first-order valence-electron chi connectivity index (χ1n) is 6.99. The maximum absolute atomic E-state index is 6.02. The first kappa shape index (κ1) is 13.4. The number of hydrogen-bond acceptors (Lipinski definition) is 3. The van der Waals surface area contributed by atoms with E-state index in [1.165, 1.54) is 18.4 Å². The highest BCUT2D eigenvalue weighted by molar-refractivity contribution is 6.30. The molecule has 104 valence electrons. The van der Waals surface area contributed by atoms with Gasteiger partial charge >= 0.3 is 0 Å². The average Bonchev–Trinajstić information content (AvgIpc) is 2.38. The van der Waals surface area contributed by atoms with E-state index in [1.54, 1.807) is 0 Å². The van der Waals surface area contributed by atoms with Crippen molar-refractivity contribution >= 4 is 11.6 Å². The molecule has 1 aliphatic carbocycles. The summed E-state index contributed by atoms with van der Waals surface area (Å²) in [7, 11) is 0. The van der Waals surface area contributed by atoms with Crippen LogP contribution in [0.15, 0.2) is 24.3 Å². The van der Waals surface area contributed by atoms with Crippen LogP contribution in [0.25, 0.3) is 0 Å². The Morgan fingerprint density at radius 2 is 2.16 bits per heavy atom. The van der Waals surface area contributed by atoms with Crippen molar-refractivity contribution in [2.45, 2.75) is 30.9 Å². The second kappa shape index (κ2) is 6.23. The molecule has 0 bridgehead atoms. The Labute approximate surface area is 119 Å². The molecular weight excluding hydrogens is 262 g/mol. The minimum atomic E-state index is 0.221. The van der Waals surface area contributed by atoms with Gasteiger partial charge in [-0.1, -0.05) is 23.7 Å². The Balaban J connectivity index is 1.40. The average molecular weight is 282 g/mol. The van der Waals surface area contributed by atoms with Gasteiger partial charge in [-0.05, 0) is 36.5 Å². The predicted molar refractivity (Wildman–Crippen MR) is 75.8 cm³/mol. The molecule has 0 aromatic heterocycles. The summed E-state index contributed by atoms with van der Waals surface area (Å²) in [6.45, 7) is 3.07. The molecule has 1 aliphatic heterocycles. The van der Waals surface area contributed by atoms with Gasteiger partial charge in [0.2, 0.25) is 0 Å². The fourth-order valence-corrected chi connectivity index (χ4v) is 2.97. The quantitative estimate of drug-likeness (QED) is 0.920. The van der Waals surface area contributed by atoms with Gasteiger partial charge in [-0.3, -0.25) is 0 Å². The van der Waals surface area contributed by atoms with Crippen molar-refractivity contribution in [3.05, 3.63) is 34.9 Å². The molecule has 0 radical (unpaired) electrons. The van der Waals surface area contributed by atoms with Crippen LogP contribution in [-0.4, -0.2) is 38.5 Å². The van der Waals surface area contributed by atoms with Gasteiger partial charge in [-0.2, -0.15) is 0 Å². The summed E-state index contributed by atoms with van der Waals surface area (Å²) in [5.74, 6) is 0.653. The van der Waals surface area contributed by atoms with Gasteiger partial charge in [0.1, 0.15) is 0 Å². The summed E-state index contributed by atoms with van der Waals surface area (Å²) in [5, 5.41) is 4.40. The van der Waals surface area contributed by atoms with Crippen molar-refractivity contribution < 1.29 is 9.47 Å². The number of ether oxygens (including phenoxy) is 2. The summed E-state index contributed by atoms with van der Waals surface area (Å²) < 4.78 is 11.0. The van der Waals surface area contributed by atoms with Crippen molar-refractivity contribution in [1.29, 1.82) is 0 Å². The number of hydrogen-bond donors (Lipinski definition) is 1. The molecular formula is C15H20ClNO2. The van der Waals surface area contributed by atoms with E-state index in [0.717, 1.165) is 31.4 Å². The molecule has 0 spiro atoms. The van der Waals surface area contributed by atoms with E-state index in [4.69, 9.17) is 21.1 Å². The van der Waals surface area contributed by atoms with Crippen molar-refractivity contribution in [2.75, 3.05) is 26.4 Å². The third kappa shape index (κ3) is 3.48. The molecule has 3 rings (SSSR count). The van der Waals surface area contributed by atoms with Crippen LogP contribution in [0.3, 0.4) is 0 Å². The molecule has 2 aliphatic rings. The lowest BCUT2D eigenvalue weighted by Gasteiger charge is -2.37. The van der Waals surface area contributed by atoms with Crippen LogP contribution in [0.2, 0.25) is 5.02 Å². The maximum atomic E-state index is 6.02. The van der Waals surface area contributed by atoms with Gasteiger partial charge in [0.05, 0.1) is 25.9 Å². The zero-order valence-electron chi connectivity index (χ0n) is 11.0. The van der Waals surface area contributed by atoms with Gasteiger partial charge in [0, 0.05) is 17.6 Å². The van der Waals surface area contributed by atoms with Crippen molar-refractivity contribution in [1.82, 2.24) is 5.32 Å². The van der Waals surface area contributed by atoms with E-state index in [9.17, 15) is 0 Å². The highest BCUT2D eigenvalue weighted by Crippen LogP contribution is 2.37. The summed E-state index contributed by atoms with van der Waals surface area (Å²) >= 11 is 6.02. The molecule has 1 unspecified atom stereocenters. The summed E-state index contributed by atoms with van der Waals surface area (Å²) in [5.41, 5.74) is 1.36. The summed E-state index contributed by atoms with van der Waals surface area (Å²) in [4.78, 5) is 0. The highest BCUT2D eigenvalue weighted by Gasteiger charge is 2.30. The fraction of sp³-hybridized carbons (Fsp3) is 0.600. The first-order chi connectivity index (χ1) is 9.31. The van der Waals surface area contributed by atoms with Crippen LogP contribution in [0.5, 0.6) is 0 Å². The standard InChI is InChI=1S/C15H20ClNO2/c16-13-3-1-2-11(6-13)12-7-14(8-12)17-9-15-10-18-4-5-19-15/h1-3,6,12,14-15,17H,4-5,7-10H2. The van der Waals surface area contributed by atoms with E-state index in [0.29, 0.717) is 12.0 Å². The molecule has 1 N–H and O–H groups in total. The van der Waals surface area contributed by atoms with Crippen LogP contribution in [-0.2, 0) is 9.47 Å². The van der Waals surface area contributed by atoms with E-state index in [1.807, 2.05) is 12.1 Å². The van der Waals surface area contributed by atoms with Gasteiger partial charge in [0.25, 0.3) is 0 Å². The van der Waals surface area contributed by atoms with Gasteiger partial charge in [-0.25, -0.2) is 0 Å². The predicted octanol–water partition coefficient (Wildman–Crippen LogP) is 2.59.